The van der Waals surface area contributed by atoms with Crippen LogP contribution >= 0.6 is 11.6 Å². The molecule has 2 aromatic rings. The smallest absolute Gasteiger partial charge is 0.133 e. The zero-order chi connectivity index (χ0) is 14.5. The van der Waals surface area contributed by atoms with Gasteiger partial charge in [-0.05, 0) is 13.3 Å². The third kappa shape index (κ3) is 3.19. The minimum absolute atomic E-state index is 0.720. The first-order valence-corrected chi connectivity index (χ1v) is 7.32. The number of rotatable bonds is 7. The predicted octanol–water partition coefficient (Wildman–Crippen LogP) is 1.58. The molecule has 0 spiro atoms. The molecule has 0 saturated heterocycles. The van der Waals surface area contributed by atoms with Crippen LogP contribution in [0.3, 0.4) is 0 Å². The standard InChI is InChI=1S/C13H21ClN6/c1-4-10-13(14)11(20(5-2)18-10)8-15-7-6-12-17-16-9-19(12)3/h9,15H,4-8H2,1-3H3. The van der Waals surface area contributed by atoms with Crippen LogP contribution in [0.5, 0.6) is 0 Å². The van der Waals surface area contributed by atoms with E-state index >= 15 is 0 Å². The highest BCUT2D eigenvalue weighted by molar-refractivity contribution is 6.31. The second-order valence-electron chi connectivity index (χ2n) is 4.66. The highest BCUT2D eigenvalue weighted by atomic mass is 35.5. The van der Waals surface area contributed by atoms with Crippen molar-refractivity contribution in [3.63, 3.8) is 0 Å². The van der Waals surface area contributed by atoms with Gasteiger partial charge in [0.05, 0.1) is 16.4 Å². The van der Waals surface area contributed by atoms with Crippen LogP contribution in [0.2, 0.25) is 5.02 Å². The Bertz CT molecular complexity index is 559. The first-order valence-electron chi connectivity index (χ1n) is 6.95. The molecule has 6 nitrogen and oxygen atoms in total. The zero-order valence-electron chi connectivity index (χ0n) is 12.2. The molecule has 0 aliphatic heterocycles. The molecular formula is C13H21ClN6. The molecular weight excluding hydrogens is 276 g/mol. The molecule has 0 aliphatic carbocycles. The fraction of sp³-hybridized carbons (Fsp3) is 0.615. The van der Waals surface area contributed by atoms with E-state index in [0.29, 0.717) is 0 Å². The average molecular weight is 297 g/mol. The van der Waals surface area contributed by atoms with Gasteiger partial charge in [-0.1, -0.05) is 18.5 Å². The van der Waals surface area contributed by atoms with E-state index in [4.69, 9.17) is 11.6 Å². The molecule has 20 heavy (non-hydrogen) atoms. The van der Waals surface area contributed by atoms with Gasteiger partial charge < -0.3 is 9.88 Å². The molecule has 2 heterocycles. The van der Waals surface area contributed by atoms with Crippen molar-refractivity contribution in [3.8, 4) is 0 Å². The van der Waals surface area contributed by atoms with Gasteiger partial charge in [0, 0.05) is 33.1 Å². The molecule has 0 bridgehead atoms. The number of hydrogen-bond acceptors (Lipinski definition) is 4. The van der Waals surface area contributed by atoms with E-state index in [2.05, 4.69) is 34.5 Å². The minimum atomic E-state index is 0.720. The summed E-state index contributed by atoms with van der Waals surface area (Å²) in [6.07, 6.45) is 3.42. The third-order valence-electron chi connectivity index (χ3n) is 3.32. The van der Waals surface area contributed by atoms with Crippen molar-refractivity contribution in [2.45, 2.75) is 39.8 Å². The van der Waals surface area contributed by atoms with Crippen LogP contribution < -0.4 is 5.32 Å². The summed E-state index contributed by atoms with van der Waals surface area (Å²) in [5.41, 5.74) is 2.03. The molecule has 2 aromatic heterocycles. The summed E-state index contributed by atoms with van der Waals surface area (Å²) < 4.78 is 3.90. The molecule has 0 fully saturated rings. The molecule has 0 aromatic carbocycles. The lowest BCUT2D eigenvalue weighted by atomic mass is 10.3. The fourth-order valence-electron chi connectivity index (χ4n) is 2.13. The summed E-state index contributed by atoms with van der Waals surface area (Å²) in [5.74, 6) is 0.974. The van der Waals surface area contributed by atoms with Crippen LogP contribution in [0.4, 0.5) is 0 Å². The van der Waals surface area contributed by atoms with Gasteiger partial charge in [0.2, 0.25) is 0 Å². The Hall–Kier alpha value is -1.40. The zero-order valence-corrected chi connectivity index (χ0v) is 13.0. The van der Waals surface area contributed by atoms with E-state index in [1.807, 2.05) is 16.3 Å². The van der Waals surface area contributed by atoms with Crippen LogP contribution in [0.15, 0.2) is 6.33 Å². The van der Waals surface area contributed by atoms with Gasteiger partial charge in [0.15, 0.2) is 0 Å². The lowest BCUT2D eigenvalue weighted by molar-refractivity contribution is 0.573. The molecule has 2 rings (SSSR count). The maximum absolute atomic E-state index is 6.36. The Morgan fingerprint density at radius 1 is 1.35 bits per heavy atom. The first-order chi connectivity index (χ1) is 9.67. The number of hydrogen-bond donors (Lipinski definition) is 1. The molecule has 0 unspecified atom stereocenters. The van der Waals surface area contributed by atoms with Gasteiger partial charge in [0.1, 0.15) is 12.2 Å². The second kappa shape index (κ2) is 6.85. The fourth-order valence-corrected chi connectivity index (χ4v) is 2.46. The van der Waals surface area contributed by atoms with Crippen molar-refractivity contribution >= 4 is 11.6 Å². The third-order valence-corrected chi connectivity index (χ3v) is 3.75. The van der Waals surface area contributed by atoms with E-state index in [1.165, 1.54) is 0 Å². The summed E-state index contributed by atoms with van der Waals surface area (Å²) in [4.78, 5) is 0. The summed E-state index contributed by atoms with van der Waals surface area (Å²) in [5, 5.41) is 16.6. The normalized spacial score (nSPS) is 11.2. The van der Waals surface area contributed by atoms with Gasteiger partial charge in [-0.25, -0.2) is 0 Å². The summed E-state index contributed by atoms with van der Waals surface area (Å²) in [7, 11) is 1.95. The van der Waals surface area contributed by atoms with Gasteiger partial charge in [-0.2, -0.15) is 5.10 Å². The topological polar surface area (TPSA) is 60.6 Å². The van der Waals surface area contributed by atoms with Gasteiger partial charge >= 0.3 is 0 Å². The van der Waals surface area contributed by atoms with Crippen LogP contribution in [0.1, 0.15) is 31.1 Å². The van der Waals surface area contributed by atoms with Crippen molar-refractivity contribution in [2.75, 3.05) is 6.54 Å². The molecule has 7 heteroatoms. The Labute approximate surface area is 124 Å². The van der Waals surface area contributed by atoms with Crippen LogP contribution in [0.25, 0.3) is 0 Å². The number of nitrogens with one attached hydrogen (secondary N) is 1. The van der Waals surface area contributed by atoms with E-state index in [-0.39, 0.29) is 0 Å². The first kappa shape index (κ1) is 15.0. The lowest BCUT2D eigenvalue weighted by Gasteiger charge is -2.07. The quantitative estimate of drug-likeness (QED) is 0.788. The van der Waals surface area contributed by atoms with E-state index < -0.39 is 0 Å². The summed E-state index contributed by atoms with van der Waals surface area (Å²) >= 11 is 6.36. The second-order valence-corrected chi connectivity index (χ2v) is 5.04. The van der Waals surface area contributed by atoms with Crippen molar-refractivity contribution < 1.29 is 0 Å². The SMILES string of the molecule is CCc1nn(CC)c(CNCCc2nncn2C)c1Cl. The molecule has 0 amide bonds. The number of nitrogens with zero attached hydrogens (tertiary/aromatic N) is 5. The van der Waals surface area contributed by atoms with E-state index in [9.17, 15) is 0 Å². The van der Waals surface area contributed by atoms with Crippen molar-refractivity contribution in [3.05, 3.63) is 28.6 Å². The Balaban J connectivity index is 1.91. The van der Waals surface area contributed by atoms with Crippen LogP contribution in [0, 0.1) is 0 Å². The van der Waals surface area contributed by atoms with Crippen molar-refractivity contribution in [2.24, 2.45) is 7.05 Å². The number of aryl methyl sites for hydroxylation is 3. The maximum atomic E-state index is 6.36. The monoisotopic (exact) mass is 296 g/mol. The van der Waals surface area contributed by atoms with Crippen LogP contribution in [-0.2, 0) is 33.0 Å². The molecule has 1 N–H and O–H groups in total. The maximum Gasteiger partial charge on any atom is 0.133 e. The average Bonchev–Trinajstić information content (AvgIpc) is 2.99. The lowest BCUT2D eigenvalue weighted by Crippen LogP contribution is -2.20. The highest BCUT2D eigenvalue weighted by Gasteiger charge is 2.13. The van der Waals surface area contributed by atoms with Gasteiger partial charge in [0.25, 0.3) is 0 Å². The molecule has 0 radical (unpaired) electrons. The molecule has 0 atom stereocenters. The Morgan fingerprint density at radius 3 is 2.75 bits per heavy atom. The predicted molar refractivity (Wildman–Crippen MR) is 78.7 cm³/mol. The molecule has 0 aliphatic rings. The van der Waals surface area contributed by atoms with Crippen LogP contribution in [-0.4, -0.2) is 31.1 Å². The number of aromatic nitrogens is 5. The molecule has 0 saturated carbocycles. The van der Waals surface area contributed by atoms with E-state index in [0.717, 1.165) is 54.7 Å². The number of halogens is 1. The van der Waals surface area contributed by atoms with E-state index in [1.54, 1.807) is 6.33 Å². The largest absolute Gasteiger partial charge is 0.321 e. The van der Waals surface area contributed by atoms with Crippen molar-refractivity contribution in [1.82, 2.24) is 29.9 Å². The van der Waals surface area contributed by atoms with Crippen molar-refractivity contribution in [1.29, 1.82) is 0 Å². The Morgan fingerprint density at radius 2 is 2.15 bits per heavy atom. The van der Waals surface area contributed by atoms with Gasteiger partial charge in [-0.3, -0.25) is 4.68 Å². The minimum Gasteiger partial charge on any atom is -0.321 e. The Kier molecular flexibility index (Phi) is 5.14. The highest BCUT2D eigenvalue weighted by Crippen LogP contribution is 2.21. The van der Waals surface area contributed by atoms with Gasteiger partial charge in [-0.15, -0.1) is 10.2 Å². The summed E-state index contributed by atoms with van der Waals surface area (Å²) in [6.45, 7) is 6.53. The molecule has 110 valence electrons. The summed E-state index contributed by atoms with van der Waals surface area (Å²) in [6, 6.07) is 0.